The third-order valence-electron chi connectivity index (χ3n) is 2.39. The summed E-state index contributed by atoms with van der Waals surface area (Å²) in [6.07, 6.45) is 3.82. The van der Waals surface area contributed by atoms with Crippen LogP contribution < -0.4 is 5.32 Å². The van der Waals surface area contributed by atoms with Crippen LogP contribution in [0.3, 0.4) is 0 Å². The molecule has 0 heterocycles. The Morgan fingerprint density at radius 2 is 1.92 bits per heavy atom. The number of aliphatic hydroxyl groups is 1. The normalized spacial score (nSPS) is 16.0. The first kappa shape index (κ1) is 11.9. The predicted octanol–water partition coefficient (Wildman–Crippen LogP) is 1.78. The summed E-state index contributed by atoms with van der Waals surface area (Å²) >= 11 is 0. The minimum atomic E-state index is 0.280. The molecular formula is C10H23NO. The Kier molecular flexibility index (Phi) is 7.51. The Labute approximate surface area is 76.4 Å². The second kappa shape index (κ2) is 7.56. The van der Waals surface area contributed by atoms with Gasteiger partial charge in [-0.25, -0.2) is 0 Å². The molecule has 12 heavy (non-hydrogen) atoms. The summed E-state index contributed by atoms with van der Waals surface area (Å²) in [5.41, 5.74) is 0. The highest BCUT2D eigenvalue weighted by atomic mass is 16.3. The molecule has 74 valence electrons. The zero-order chi connectivity index (χ0) is 9.40. The van der Waals surface area contributed by atoms with Gasteiger partial charge in [-0.1, -0.05) is 26.7 Å². The second-order valence-corrected chi connectivity index (χ2v) is 3.61. The molecule has 0 radical (unpaired) electrons. The Morgan fingerprint density at radius 1 is 1.25 bits per heavy atom. The van der Waals surface area contributed by atoms with E-state index in [1.807, 2.05) is 0 Å². The first-order valence-electron chi connectivity index (χ1n) is 5.06. The van der Waals surface area contributed by atoms with E-state index in [1.54, 1.807) is 0 Å². The van der Waals surface area contributed by atoms with Crippen LogP contribution in [0.1, 0.15) is 40.0 Å². The van der Waals surface area contributed by atoms with Crippen LogP contribution in [0.2, 0.25) is 0 Å². The maximum Gasteiger partial charge on any atom is 0.0471 e. The number of aliphatic hydroxyl groups excluding tert-OH is 1. The Morgan fingerprint density at radius 3 is 2.42 bits per heavy atom. The molecule has 2 nitrogen and oxygen atoms in total. The van der Waals surface area contributed by atoms with E-state index in [1.165, 1.54) is 19.3 Å². The quantitative estimate of drug-likeness (QED) is 0.575. The fourth-order valence-electron chi connectivity index (χ4n) is 1.06. The van der Waals surface area contributed by atoms with E-state index < -0.39 is 0 Å². The predicted molar refractivity (Wildman–Crippen MR) is 53.2 cm³/mol. The van der Waals surface area contributed by atoms with Gasteiger partial charge in [0.25, 0.3) is 0 Å². The summed E-state index contributed by atoms with van der Waals surface area (Å²) in [7, 11) is 0. The lowest BCUT2D eigenvalue weighted by Gasteiger charge is -2.18. The molecule has 0 aliphatic rings. The van der Waals surface area contributed by atoms with Crippen LogP contribution in [0, 0.1) is 5.92 Å². The SMILES string of the molecule is CCCCCNC(C)C(C)CO. The standard InChI is InChI=1S/C10H23NO/c1-4-5-6-7-11-10(3)9(2)8-12/h9-12H,4-8H2,1-3H3. The van der Waals surface area contributed by atoms with Gasteiger partial charge in [0.05, 0.1) is 0 Å². The Balaban J connectivity index is 3.24. The van der Waals surface area contributed by atoms with Crippen molar-refractivity contribution in [2.75, 3.05) is 13.2 Å². The molecule has 2 N–H and O–H groups in total. The van der Waals surface area contributed by atoms with Gasteiger partial charge >= 0.3 is 0 Å². The lowest BCUT2D eigenvalue weighted by molar-refractivity contribution is 0.207. The number of rotatable bonds is 7. The molecule has 0 saturated heterocycles. The van der Waals surface area contributed by atoms with Crippen molar-refractivity contribution < 1.29 is 5.11 Å². The number of nitrogens with one attached hydrogen (secondary N) is 1. The third kappa shape index (κ3) is 5.56. The van der Waals surface area contributed by atoms with Crippen molar-refractivity contribution in [2.45, 2.75) is 46.1 Å². The molecule has 0 bridgehead atoms. The molecule has 2 unspecified atom stereocenters. The van der Waals surface area contributed by atoms with Crippen LogP contribution in [0.4, 0.5) is 0 Å². The molecular weight excluding hydrogens is 150 g/mol. The van der Waals surface area contributed by atoms with Gasteiger partial charge in [0.15, 0.2) is 0 Å². The molecule has 0 aromatic carbocycles. The molecule has 0 spiro atoms. The summed E-state index contributed by atoms with van der Waals surface area (Å²) in [4.78, 5) is 0. The van der Waals surface area contributed by atoms with Crippen molar-refractivity contribution in [3.05, 3.63) is 0 Å². The average molecular weight is 173 g/mol. The molecule has 2 heteroatoms. The molecule has 0 fully saturated rings. The average Bonchev–Trinajstić information content (AvgIpc) is 2.10. The topological polar surface area (TPSA) is 32.3 Å². The number of hydrogen-bond acceptors (Lipinski definition) is 2. The molecule has 2 atom stereocenters. The van der Waals surface area contributed by atoms with Gasteiger partial charge in [0.1, 0.15) is 0 Å². The molecule has 0 aliphatic carbocycles. The summed E-state index contributed by atoms with van der Waals surface area (Å²) < 4.78 is 0. The van der Waals surface area contributed by atoms with Crippen molar-refractivity contribution in [2.24, 2.45) is 5.92 Å². The lowest BCUT2D eigenvalue weighted by atomic mass is 10.1. The smallest absolute Gasteiger partial charge is 0.0471 e. The lowest BCUT2D eigenvalue weighted by Crippen LogP contribution is -2.34. The molecule has 0 aromatic rings. The third-order valence-corrected chi connectivity index (χ3v) is 2.39. The van der Waals surface area contributed by atoms with Crippen molar-refractivity contribution in [3.63, 3.8) is 0 Å². The van der Waals surface area contributed by atoms with E-state index >= 15 is 0 Å². The maximum absolute atomic E-state index is 8.87. The second-order valence-electron chi connectivity index (χ2n) is 3.61. The van der Waals surface area contributed by atoms with Crippen LogP contribution in [0.5, 0.6) is 0 Å². The Bertz CT molecular complexity index is 95.8. The van der Waals surface area contributed by atoms with E-state index in [4.69, 9.17) is 5.11 Å². The van der Waals surface area contributed by atoms with Gasteiger partial charge in [-0.3, -0.25) is 0 Å². The summed E-state index contributed by atoms with van der Waals surface area (Å²) in [6.45, 7) is 7.77. The van der Waals surface area contributed by atoms with Gasteiger partial charge in [-0.05, 0) is 25.8 Å². The minimum Gasteiger partial charge on any atom is -0.396 e. The summed E-state index contributed by atoms with van der Waals surface area (Å²) in [5.74, 6) is 0.367. The van der Waals surface area contributed by atoms with E-state index in [0.717, 1.165) is 6.54 Å². The fraction of sp³-hybridized carbons (Fsp3) is 1.00. The Hall–Kier alpha value is -0.0800. The van der Waals surface area contributed by atoms with Crippen molar-refractivity contribution in [3.8, 4) is 0 Å². The summed E-state index contributed by atoms with van der Waals surface area (Å²) in [5, 5.41) is 12.3. The molecule has 0 rings (SSSR count). The fourth-order valence-corrected chi connectivity index (χ4v) is 1.06. The largest absolute Gasteiger partial charge is 0.396 e. The molecule has 0 aromatic heterocycles. The van der Waals surface area contributed by atoms with Gasteiger partial charge < -0.3 is 10.4 Å². The van der Waals surface area contributed by atoms with E-state index in [-0.39, 0.29) is 6.61 Å². The van der Waals surface area contributed by atoms with Gasteiger partial charge in [0.2, 0.25) is 0 Å². The van der Waals surface area contributed by atoms with Crippen molar-refractivity contribution >= 4 is 0 Å². The van der Waals surface area contributed by atoms with E-state index in [9.17, 15) is 0 Å². The van der Waals surface area contributed by atoms with Crippen molar-refractivity contribution in [1.82, 2.24) is 5.32 Å². The maximum atomic E-state index is 8.87. The monoisotopic (exact) mass is 173 g/mol. The van der Waals surface area contributed by atoms with Crippen LogP contribution in [-0.4, -0.2) is 24.3 Å². The van der Waals surface area contributed by atoms with Gasteiger partial charge in [-0.2, -0.15) is 0 Å². The van der Waals surface area contributed by atoms with Crippen LogP contribution >= 0.6 is 0 Å². The molecule has 0 amide bonds. The van der Waals surface area contributed by atoms with Crippen LogP contribution in [-0.2, 0) is 0 Å². The number of unbranched alkanes of at least 4 members (excludes halogenated alkanes) is 2. The van der Waals surface area contributed by atoms with E-state index in [2.05, 4.69) is 26.1 Å². The minimum absolute atomic E-state index is 0.280. The van der Waals surface area contributed by atoms with Crippen LogP contribution in [0.25, 0.3) is 0 Å². The van der Waals surface area contributed by atoms with Gasteiger partial charge in [0, 0.05) is 12.6 Å². The molecule has 0 aliphatic heterocycles. The number of hydrogen-bond donors (Lipinski definition) is 2. The van der Waals surface area contributed by atoms with E-state index in [0.29, 0.717) is 12.0 Å². The highest BCUT2D eigenvalue weighted by Crippen LogP contribution is 2.01. The highest BCUT2D eigenvalue weighted by molar-refractivity contribution is 4.66. The zero-order valence-electron chi connectivity index (χ0n) is 8.64. The van der Waals surface area contributed by atoms with Crippen LogP contribution in [0.15, 0.2) is 0 Å². The first-order chi connectivity index (χ1) is 5.72. The van der Waals surface area contributed by atoms with Gasteiger partial charge in [-0.15, -0.1) is 0 Å². The molecule has 0 saturated carbocycles. The van der Waals surface area contributed by atoms with Crippen molar-refractivity contribution in [1.29, 1.82) is 0 Å². The highest BCUT2D eigenvalue weighted by Gasteiger charge is 2.08. The first-order valence-corrected chi connectivity index (χ1v) is 5.06. The summed E-state index contributed by atoms with van der Waals surface area (Å²) in [6, 6.07) is 0.437. The zero-order valence-corrected chi connectivity index (χ0v) is 8.64.